The minimum absolute atomic E-state index is 0.116. The third kappa shape index (κ3) is 7.47. The van der Waals surface area contributed by atoms with E-state index < -0.39 is 12.1 Å². The van der Waals surface area contributed by atoms with Crippen molar-refractivity contribution in [3.05, 3.63) is 67.2 Å². The molecule has 0 saturated heterocycles. The zero-order valence-corrected chi connectivity index (χ0v) is 19.8. The molecule has 3 heterocycles. The van der Waals surface area contributed by atoms with E-state index in [1.807, 2.05) is 46.5 Å². The van der Waals surface area contributed by atoms with Crippen LogP contribution >= 0.6 is 34.0 Å². The number of thiophene rings is 3. The molecule has 0 radical (unpaired) electrons. The van der Waals surface area contributed by atoms with E-state index in [2.05, 4.69) is 10.6 Å². The Labute approximate surface area is 198 Å². The molecule has 0 saturated carbocycles. The summed E-state index contributed by atoms with van der Waals surface area (Å²) in [6.07, 6.45) is 0.401. The van der Waals surface area contributed by atoms with E-state index in [9.17, 15) is 19.5 Å². The van der Waals surface area contributed by atoms with Crippen LogP contribution in [-0.2, 0) is 17.9 Å². The SMILES string of the molecule is O=C(O)N[C@@H](CCCCNC(=O)c1cccs1)C(=O)N(Cc1cccs1)Cc1cccs1. The van der Waals surface area contributed by atoms with E-state index in [0.29, 0.717) is 43.8 Å². The number of carbonyl (C=O) groups is 3. The standard InChI is InChI=1S/C22H25N3O4S3/c26-20(19-9-5-13-32-19)23-10-2-1-8-18(24-22(28)29)21(27)25(14-16-6-3-11-30-16)15-17-7-4-12-31-17/h3-7,9,11-13,18,24H,1-2,8,10,14-15H2,(H,23,26)(H,28,29)/t18-/m0/s1. The molecule has 0 aliphatic heterocycles. The Morgan fingerprint density at radius 2 is 1.53 bits per heavy atom. The lowest BCUT2D eigenvalue weighted by atomic mass is 10.1. The van der Waals surface area contributed by atoms with E-state index in [4.69, 9.17) is 0 Å². The van der Waals surface area contributed by atoms with E-state index >= 15 is 0 Å². The van der Waals surface area contributed by atoms with Crippen LogP contribution in [0.1, 0.15) is 38.7 Å². The molecule has 7 nitrogen and oxygen atoms in total. The van der Waals surface area contributed by atoms with E-state index in [1.165, 1.54) is 11.3 Å². The quantitative estimate of drug-likeness (QED) is 0.322. The van der Waals surface area contributed by atoms with Gasteiger partial charge in [0.1, 0.15) is 6.04 Å². The molecule has 0 fully saturated rings. The summed E-state index contributed by atoms with van der Waals surface area (Å²) in [6.45, 7) is 1.34. The van der Waals surface area contributed by atoms with Gasteiger partial charge < -0.3 is 20.6 Å². The molecular weight excluding hydrogens is 466 g/mol. The third-order valence-electron chi connectivity index (χ3n) is 4.71. The summed E-state index contributed by atoms with van der Waals surface area (Å²) in [5.41, 5.74) is 0. The van der Waals surface area contributed by atoms with Gasteiger partial charge in [-0.25, -0.2) is 4.79 Å². The maximum atomic E-state index is 13.3. The number of unbranched alkanes of at least 4 members (excludes halogenated alkanes) is 1. The Kier molecular flexibility index (Phi) is 9.27. The summed E-state index contributed by atoms with van der Waals surface area (Å²) in [4.78, 5) is 41.1. The summed E-state index contributed by atoms with van der Waals surface area (Å²) >= 11 is 4.51. The first-order chi connectivity index (χ1) is 15.5. The normalized spacial score (nSPS) is 11.6. The molecule has 32 heavy (non-hydrogen) atoms. The van der Waals surface area contributed by atoms with Crippen LogP contribution in [0.15, 0.2) is 52.5 Å². The molecule has 0 unspecified atom stereocenters. The van der Waals surface area contributed by atoms with Gasteiger partial charge in [-0.2, -0.15) is 0 Å². The largest absolute Gasteiger partial charge is 0.465 e. The molecule has 170 valence electrons. The van der Waals surface area contributed by atoms with Crippen molar-refractivity contribution >= 4 is 51.9 Å². The van der Waals surface area contributed by atoms with Crippen molar-refractivity contribution in [1.82, 2.24) is 15.5 Å². The lowest BCUT2D eigenvalue weighted by Crippen LogP contribution is -2.47. The summed E-state index contributed by atoms with van der Waals surface area (Å²) < 4.78 is 0. The number of hydrogen-bond donors (Lipinski definition) is 3. The predicted octanol–water partition coefficient (Wildman–Crippen LogP) is 4.64. The Bertz CT molecular complexity index is 936. The number of rotatable bonds is 12. The second kappa shape index (κ2) is 12.4. The van der Waals surface area contributed by atoms with Gasteiger partial charge in [-0.05, 0) is 53.6 Å². The molecule has 3 rings (SSSR count). The monoisotopic (exact) mass is 491 g/mol. The molecule has 0 bridgehead atoms. The number of carboxylic acid groups (broad SMARTS) is 1. The highest BCUT2D eigenvalue weighted by atomic mass is 32.1. The fraction of sp³-hybridized carbons (Fsp3) is 0.318. The molecule has 3 aromatic rings. The van der Waals surface area contributed by atoms with Crippen molar-refractivity contribution in [2.24, 2.45) is 0 Å². The van der Waals surface area contributed by atoms with Gasteiger partial charge in [0.05, 0.1) is 18.0 Å². The molecular formula is C22H25N3O4S3. The number of nitrogens with one attached hydrogen (secondary N) is 2. The van der Waals surface area contributed by atoms with Crippen LogP contribution in [0.4, 0.5) is 4.79 Å². The number of amides is 3. The molecule has 0 aliphatic rings. The number of nitrogens with zero attached hydrogens (tertiary/aromatic N) is 1. The molecule has 0 spiro atoms. The summed E-state index contributed by atoms with van der Waals surface area (Å²) in [5.74, 6) is -0.355. The van der Waals surface area contributed by atoms with Crippen LogP contribution in [0.3, 0.4) is 0 Å². The highest BCUT2D eigenvalue weighted by Gasteiger charge is 2.26. The number of carbonyl (C=O) groups excluding carboxylic acids is 2. The van der Waals surface area contributed by atoms with Crippen molar-refractivity contribution in [1.29, 1.82) is 0 Å². The first-order valence-electron chi connectivity index (χ1n) is 10.2. The molecule has 3 aromatic heterocycles. The van der Waals surface area contributed by atoms with Crippen molar-refractivity contribution in [2.45, 2.75) is 38.4 Å². The highest BCUT2D eigenvalue weighted by molar-refractivity contribution is 7.12. The maximum absolute atomic E-state index is 13.3. The topological polar surface area (TPSA) is 98.7 Å². The molecule has 0 aromatic carbocycles. The highest BCUT2D eigenvalue weighted by Crippen LogP contribution is 2.19. The molecule has 10 heteroatoms. The fourth-order valence-electron chi connectivity index (χ4n) is 3.19. The first kappa shape index (κ1) is 24.0. The molecule has 3 N–H and O–H groups in total. The van der Waals surface area contributed by atoms with Gasteiger partial charge in [0.25, 0.3) is 5.91 Å². The van der Waals surface area contributed by atoms with Gasteiger partial charge in [0.2, 0.25) is 5.91 Å². The van der Waals surface area contributed by atoms with Crippen LogP contribution in [-0.4, -0.2) is 40.5 Å². The minimum Gasteiger partial charge on any atom is -0.465 e. The van der Waals surface area contributed by atoms with Crippen LogP contribution in [0, 0.1) is 0 Å². The minimum atomic E-state index is -1.22. The van der Waals surface area contributed by atoms with Gasteiger partial charge in [0, 0.05) is 16.3 Å². The fourth-order valence-corrected chi connectivity index (χ4v) is 5.27. The van der Waals surface area contributed by atoms with Crippen molar-refractivity contribution in [3.8, 4) is 0 Å². The first-order valence-corrected chi connectivity index (χ1v) is 12.8. The van der Waals surface area contributed by atoms with E-state index in [-0.39, 0.29) is 11.8 Å². The Balaban J connectivity index is 1.56. The Morgan fingerprint density at radius 1 is 0.906 bits per heavy atom. The van der Waals surface area contributed by atoms with Gasteiger partial charge in [-0.15, -0.1) is 34.0 Å². The lowest BCUT2D eigenvalue weighted by molar-refractivity contribution is -0.134. The Morgan fingerprint density at radius 3 is 2.06 bits per heavy atom. The van der Waals surface area contributed by atoms with Gasteiger partial charge in [-0.3, -0.25) is 9.59 Å². The van der Waals surface area contributed by atoms with E-state index in [0.717, 1.165) is 9.75 Å². The second-order valence-corrected chi connectivity index (χ2v) is 10.1. The van der Waals surface area contributed by atoms with Crippen molar-refractivity contribution < 1.29 is 19.5 Å². The van der Waals surface area contributed by atoms with Crippen LogP contribution in [0.5, 0.6) is 0 Å². The number of hydrogen-bond acceptors (Lipinski definition) is 6. The molecule has 0 aliphatic carbocycles. The molecule has 1 atom stereocenters. The van der Waals surface area contributed by atoms with Gasteiger partial charge in [0.15, 0.2) is 0 Å². The van der Waals surface area contributed by atoms with Gasteiger partial charge >= 0.3 is 6.09 Å². The Hall–Kier alpha value is -2.69. The smallest absolute Gasteiger partial charge is 0.405 e. The lowest BCUT2D eigenvalue weighted by Gasteiger charge is -2.27. The van der Waals surface area contributed by atoms with Gasteiger partial charge in [-0.1, -0.05) is 18.2 Å². The van der Waals surface area contributed by atoms with Crippen molar-refractivity contribution in [2.75, 3.05) is 6.54 Å². The van der Waals surface area contributed by atoms with Crippen molar-refractivity contribution in [3.63, 3.8) is 0 Å². The summed E-state index contributed by atoms with van der Waals surface area (Å²) in [7, 11) is 0. The average Bonchev–Trinajstić information content (AvgIpc) is 3.55. The van der Waals surface area contributed by atoms with Crippen LogP contribution in [0.2, 0.25) is 0 Å². The second-order valence-electron chi connectivity index (χ2n) is 7.08. The molecule has 3 amide bonds. The van der Waals surface area contributed by atoms with Crippen LogP contribution < -0.4 is 10.6 Å². The summed E-state index contributed by atoms with van der Waals surface area (Å²) in [5, 5.41) is 20.3. The van der Waals surface area contributed by atoms with E-state index in [1.54, 1.807) is 33.6 Å². The zero-order valence-electron chi connectivity index (χ0n) is 17.4. The average molecular weight is 492 g/mol. The predicted molar refractivity (Wildman–Crippen MR) is 128 cm³/mol. The zero-order chi connectivity index (χ0) is 22.8. The summed E-state index contributed by atoms with van der Waals surface area (Å²) in [6, 6.07) is 10.6. The maximum Gasteiger partial charge on any atom is 0.405 e. The third-order valence-corrected chi connectivity index (χ3v) is 7.30. The van der Waals surface area contributed by atoms with Crippen LogP contribution in [0.25, 0.3) is 0 Å².